The largest absolute Gasteiger partial charge is 0.389 e. The number of nitrogens with zero attached hydrogens (tertiary/aromatic N) is 4. The highest BCUT2D eigenvalue weighted by Gasteiger charge is 2.10. The fraction of sp³-hybridized carbons (Fsp3) is 0.500. The molecule has 20 heavy (non-hydrogen) atoms. The highest BCUT2D eigenvalue weighted by Crippen LogP contribution is 2.11. The van der Waals surface area contributed by atoms with Crippen LogP contribution in [0, 0.1) is 0 Å². The van der Waals surface area contributed by atoms with E-state index in [-0.39, 0.29) is 6.54 Å². The van der Waals surface area contributed by atoms with Crippen LogP contribution < -0.4 is 0 Å². The lowest BCUT2D eigenvalue weighted by Crippen LogP contribution is -2.23. The molecule has 108 valence electrons. The number of unbranched alkanes of at least 4 members (excludes halogenated alkanes) is 1. The predicted molar refractivity (Wildman–Crippen MR) is 75.0 cm³/mol. The zero-order valence-electron chi connectivity index (χ0n) is 11.6. The summed E-state index contributed by atoms with van der Waals surface area (Å²) in [5, 5.41) is 22.0. The quantitative estimate of drug-likeness (QED) is 0.740. The number of aliphatic hydroxyl groups excluding tert-OH is 1. The van der Waals surface area contributed by atoms with Crippen molar-refractivity contribution < 1.29 is 9.84 Å². The van der Waals surface area contributed by atoms with Crippen molar-refractivity contribution >= 4 is 0 Å². The summed E-state index contributed by atoms with van der Waals surface area (Å²) in [4.78, 5) is 1.40. The Morgan fingerprint density at radius 3 is 2.85 bits per heavy atom. The fourth-order valence-electron chi connectivity index (χ4n) is 1.73. The molecule has 0 amide bonds. The molecule has 1 aromatic heterocycles. The van der Waals surface area contributed by atoms with Crippen LogP contribution in [0.2, 0.25) is 0 Å². The first kappa shape index (κ1) is 14.6. The Bertz CT molecular complexity index is 501. The first-order chi connectivity index (χ1) is 9.79. The van der Waals surface area contributed by atoms with Gasteiger partial charge in [-0.25, -0.2) is 0 Å². The summed E-state index contributed by atoms with van der Waals surface area (Å²) in [5.41, 5.74) is 0.910. The van der Waals surface area contributed by atoms with E-state index < -0.39 is 6.10 Å². The lowest BCUT2D eigenvalue weighted by molar-refractivity contribution is 0.0230. The van der Waals surface area contributed by atoms with Crippen LogP contribution in [0.15, 0.2) is 30.3 Å². The maximum Gasteiger partial charge on any atom is 0.204 e. The summed E-state index contributed by atoms with van der Waals surface area (Å²) in [6.45, 7) is 3.35. The van der Waals surface area contributed by atoms with Gasteiger partial charge in [-0.1, -0.05) is 43.7 Å². The lowest BCUT2D eigenvalue weighted by Gasteiger charge is -2.09. The van der Waals surface area contributed by atoms with Crippen LogP contribution in [-0.4, -0.2) is 44.6 Å². The van der Waals surface area contributed by atoms with E-state index in [0.29, 0.717) is 19.0 Å². The molecule has 0 bridgehead atoms. The third kappa shape index (κ3) is 4.40. The lowest BCUT2D eigenvalue weighted by atomic mass is 10.2. The molecule has 1 aromatic carbocycles. The molecule has 0 spiro atoms. The van der Waals surface area contributed by atoms with Gasteiger partial charge in [0.25, 0.3) is 0 Å². The summed E-state index contributed by atoms with van der Waals surface area (Å²) in [5.74, 6) is 0.560. The molecule has 6 heteroatoms. The smallest absolute Gasteiger partial charge is 0.204 e. The Kier molecular flexibility index (Phi) is 5.64. The van der Waals surface area contributed by atoms with Gasteiger partial charge in [0.2, 0.25) is 5.82 Å². The highest BCUT2D eigenvalue weighted by molar-refractivity contribution is 5.52. The number of ether oxygens (including phenoxy) is 1. The molecule has 0 fully saturated rings. The molecule has 1 atom stereocenters. The second-order valence-corrected chi connectivity index (χ2v) is 4.62. The molecule has 0 saturated carbocycles. The van der Waals surface area contributed by atoms with Crippen LogP contribution in [0.4, 0.5) is 0 Å². The van der Waals surface area contributed by atoms with Crippen molar-refractivity contribution in [2.24, 2.45) is 0 Å². The maximum atomic E-state index is 9.83. The average Bonchev–Trinajstić information content (AvgIpc) is 2.93. The number of benzene rings is 1. The Morgan fingerprint density at radius 1 is 1.30 bits per heavy atom. The van der Waals surface area contributed by atoms with Gasteiger partial charge < -0.3 is 9.84 Å². The van der Waals surface area contributed by atoms with Crippen LogP contribution in [0.3, 0.4) is 0 Å². The van der Waals surface area contributed by atoms with Crippen LogP contribution in [0.5, 0.6) is 0 Å². The third-order valence-corrected chi connectivity index (χ3v) is 2.81. The molecule has 1 heterocycles. The van der Waals surface area contributed by atoms with Gasteiger partial charge in [-0.3, -0.25) is 0 Å². The van der Waals surface area contributed by atoms with E-state index in [1.807, 2.05) is 30.3 Å². The van der Waals surface area contributed by atoms with E-state index in [0.717, 1.165) is 18.4 Å². The van der Waals surface area contributed by atoms with Gasteiger partial charge >= 0.3 is 0 Å². The number of hydrogen-bond acceptors (Lipinski definition) is 5. The van der Waals surface area contributed by atoms with E-state index in [2.05, 4.69) is 22.3 Å². The van der Waals surface area contributed by atoms with Crippen molar-refractivity contribution in [2.75, 3.05) is 13.2 Å². The standard InChI is InChI=1S/C14H20N4O2/c1-2-3-9-20-11-13(19)10-18-16-14(15-17-18)12-7-5-4-6-8-12/h4-8,13,19H,2-3,9-11H2,1H3. The maximum absolute atomic E-state index is 9.83. The molecule has 2 aromatic rings. The molecule has 0 radical (unpaired) electrons. The van der Waals surface area contributed by atoms with Crippen LogP contribution in [0.1, 0.15) is 19.8 Å². The van der Waals surface area contributed by atoms with Gasteiger partial charge in [0.15, 0.2) is 0 Å². The monoisotopic (exact) mass is 276 g/mol. The van der Waals surface area contributed by atoms with E-state index >= 15 is 0 Å². The number of rotatable bonds is 8. The normalized spacial score (nSPS) is 12.5. The summed E-state index contributed by atoms with van der Waals surface area (Å²) < 4.78 is 5.36. The number of aliphatic hydroxyl groups is 1. The molecule has 0 aliphatic rings. The first-order valence-electron chi connectivity index (χ1n) is 6.88. The van der Waals surface area contributed by atoms with Gasteiger partial charge in [0.1, 0.15) is 0 Å². The molecule has 0 saturated heterocycles. The van der Waals surface area contributed by atoms with E-state index in [1.165, 1.54) is 4.80 Å². The minimum absolute atomic E-state index is 0.284. The zero-order valence-corrected chi connectivity index (χ0v) is 11.6. The Hall–Kier alpha value is -1.79. The highest BCUT2D eigenvalue weighted by atomic mass is 16.5. The average molecular weight is 276 g/mol. The van der Waals surface area contributed by atoms with Gasteiger partial charge in [-0.2, -0.15) is 4.80 Å². The van der Waals surface area contributed by atoms with E-state index in [9.17, 15) is 5.11 Å². The van der Waals surface area contributed by atoms with Gasteiger partial charge in [0.05, 0.1) is 19.3 Å². The molecule has 0 aliphatic carbocycles. The van der Waals surface area contributed by atoms with Crippen LogP contribution in [-0.2, 0) is 11.3 Å². The fourth-order valence-corrected chi connectivity index (χ4v) is 1.73. The Balaban J connectivity index is 1.83. The van der Waals surface area contributed by atoms with Crippen molar-refractivity contribution in [3.05, 3.63) is 30.3 Å². The first-order valence-corrected chi connectivity index (χ1v) is 6.88. The number of hydrogen-bond donors (Lipinski definition) is 1. The summed E-state index contributed by atoms with van der Waals surface area (Å²) in [7, 11) is 0. The van der Waals surface area contributed by atoms with Crippen molar-refractivity contribution in [3.8, 4) is 11.4 Å². The Morgan fingerprint density at radius 2 is 2.10 bits per heavy atom. The number of tetrazole rings is 1. The molecule has 0 aliphatic heterocycles. The van der Waals surface area contributed by atoms with Gasteiger partial charge in [-0.05, 0) is 11.6 Å². The van der Waals surface area contributed by atoms with Crippen LogP contribution in [0.25, 0.3) is 11.4 Å². The minimum Gasteiger partial charge on any atom is -0.389 e. The SMILES string of the molecule is CCCCOCC(O)Cn1nnc(-c2ccccc2)n1. The molecule has 1 N–H and O–H groups in total. The van der Waals surface area contributed by atoms with Crippen molar-refractivity contribution in [1.82, 2.24) is 20.2 Å². The number of aromatic nitrogens is 4. The zero-order chi connectivity index (χ0) is 14.2. The van der Waals surface area contributed by atoms with E-state index in [4.69, 9.17) is 4.74 Å². The van der Waals surface area contributed by atoms with Crippen molar-refractivity contribution in [1.29, 1.82) is 0 Å². The second-order valence-electron chi connectivity index (χ2n) is 4.62. The molecular formula is C14H20N4O2. The predicted octanol–water partition coefficient (Wildman–Crippen LogP) is 1.52. The van der Waals surface area contributed by atoms with E-state index in [1.54, 1.807) is 0 Å². The van der Waals surface area contributed by atoms with Crippen LogP contribution >= 0.6 is 0 Å². The summed E-state index contributed by atoms with van der Waals surface area (Å²) in [6.07, 6.45) is 1.47. The molecule has 2 rings (SSSR count). The summed E-state index contributed by atoms with van der Waals surface area (Å²) in [6, 6.07) is 9.63. The third-order valence-electron chi connectivity index (χ3n) is 2.81. The summed E-state index contributed by atoms with van der Waals surface area (Å²) >= 11 is 0. The molecule has 6 nitrogen and oxygen atoms in total. The Labute approximate surface area is 118 Å². The van der Waals surface area contributed by atoms with Crippen molar-refractivity contribution in [2.45, 2.75) is 32.4 Å². The molecular weight excluding hydrogens is 256 g/mol. The topological polar surface area (TPSA) is 73.1 Å². The van der Waals surface area contributed by atoms with Gasteiger partial charge in [-0.15, -0.1) is 10.2 Å². The van der Waals surface area contributed by atoms with Crippen molar-refractivity contribution in [3.63, 3.8) is 0 Å². The molecule has 1 unspecified atom stereocenters. The minimum atomic E-state index is -0.621. The second kappa shape index (κ2) is 7.72. The van der Waals surface area contributed by atoms with Gasteiger partial charge in [0, 0.05) is 12.2 Å².